The summed E-state index contributed by atoms with van der Waals surface area (Å²) < 4.78 is 5.56. The number of phenolic OH excluding ortho intramolecular Hbond substituents is 1. The molecule has 0 saturated heterocycles. The lowest BCUT2D eigenvalue weighted by Gasteiger charge is -2.31. The van der Waals surface area contributed by atoms with Gasteiger partial charge in [0, 0.05) is 18.2 Å². The van der Waals surface area contributed by atoms with Crippen molar-refractivity contribution < 1.29 is 19.4 Å². The highest BCUT2D eigenvalue weighted by Crippen LogP contribution is 2.42. The number of nitrogens with one attached hydrogen (secondary N) is 3. The van der Waals surface area contributed by atoms with Crippen molar-refractivity contribution in [3.8, 4) is 11.5 Å². The molecule has 1 atom stereocenters. The smallest absolute Gasteiger partial charge is 0.320 e. The van der Waals surface area contributed by atoms with Gasteiger partial charge in [-0.05, 0) is 47.9 Å². The van der Waals surface area contributed by atoms with Crippen LogP contribution in [0, 0.1) is 0 Å². The fraction of sp³-hybridized carbons (Fsp3) is 0.154. The predicted octanol–water partition coefficient (Wildman–Crippen LogP) is 4.25. The number of carbonyl (C=O) groups excluding carboxylic acids is 2. The second kappa shape index (κ2) is 9.58. The summed E-state index contributed by atoms with van der Waals surface area (Å²) in [5.74, 6) is -0.0500. The van der Waals surface area contributed by atoms with Gasteiger partial charge < -0.3 is 31.5 Å². The van der Waals surface area contributed by atoms with Gasteiger partial charge in [0.1, 0.15) is 0 Å². The van der Waals surface area contributed by atoms with Crippen LogP contribution in [0.5, 0.6) is 11.5 Å². The van der Waals surface area contributed by atoms with Gasteiger partial charge in [0.2, 0.25) is 5.91 Å². The Morgan fingerprint density at radius 1 is 1.09 bits per heavy atom. The highest BCUT2D eigenvalue weighted by atomic mass is 16.5. The molecule has 0 fully saturated rings. The van der Waals surface area contributed by atoms with Crippen LogP contribution in [-0.2, 0) is 4.79 Å². The Morgan fingerprint density at radius 3 is 2.44 bits per heavy atom. The fourth-order valence-electron chi connectivity index (χ4n) is 3.98. The van der Waals surface area contributed by atoms with Gasteiger partial charge in [-0.15, -0.1) is 0 Å². The van der Waals surface area contributed by atoms with E-state index in [1.165, 1.54) is 6.92 Å². The summed E-state index contributed by atoms with van der Waals surface area (Å²) >= 11 is 0. The minimum Gasteiger partial charge on any atom is -0.503 e. The Balaban J connectivity index is 1.90. The summed E-state index contributed by atoms with van der Waals surface area (Å²) in [5, 5.41) is 19.0. The first-order chi connectivity index (χ1) is 16.4. The van der Waals surface area contributed by atoms with Crippen molar-refractivity contribution in [1.82, 2.24) is 10.6 Å². The third kappa shape index (κ3) is 4.66. The van der Waals surface area contributed by atoms with Crippen molar-refractivity contribution in [3.05, 3.63) is 83.4 Å². The molecule has 0 spiro atoms. The van der Waals surface area contributed by atoms with Crippen molar-refractivity contribution in [1.29, 1.82) is 0 Å². The van der Waals surface area contributed by atoms with Gasteiger partial charge in [-0.2, -0.15) is 0 Å². The second-order valence-electron chi connectivity index (χ2n) is 7.83. The van der Waals surface area contributed by atoms with Crippen molar-refractivity contribution >= 4 is 34.6 Å². The van der Waals surface area contributed by atoms with Gasteiger partial charge in [-0.25, -0.2) is 4.79 Å². The second-order valence-corrected chi connectivity index (χ2v) is 7.83. The third-order valence-corrected chi connectivity index (χ3v) is 5.41. The molecule has 34 heavy (non-hydrogen) atoms. The first kappa shape index (κ1) is 22.7. The fourth-order valence-corrected chi connectivity index (χ4v) is 3.98. The van der Waals surface area contributed by atoms with Crippen molar-refractivity contribution in [2.45, 2.75) is 19.9 Å². The molecule has 0 bridgehead atoms. The van der Waals surface area contributed by atoms with Gasteiger partial charge in [0.15, 0.2) is 11.5 Å². The highest BCUT2D eigenvalue weighted by molar-refractivity contribution is 6.03. The number of ether oxygens (including phenoxy) is 1. The quantitative estimate of drug-likeness (QED) is 0.279. The maximum absolute atomic E-state index is 12.8. The number of carbonyl (C=O) groups is 2. The topological polar surface area (TPSA) is 126 Å². The number of rotatable bonds is 6. The summed E-state index contributed by atoms with van der Waals surface area (Å²) in [6.07, 6.45) is 0. The Kier molecular flexibility index (Phi) is 6.40. The Labute approximate surface area is 197 Å². The average molecular weight is 459 g/mol. The van der Waals surface area contributed by atoms with Gasteiger partial charge in [-0.3, -0.25) is 4.79 Å². The van der Waals surface area contributed by atoms with Crippen LogP contribution in [0.4, 0.5) is 16.2 Å². The van der Waals surface area contributed by atoms with E-state index in [1.54, 1.807) is 24.3 Å². The zero-order chi connectivity index (χ0) is 24.2. The number of phenols is 1. The molecule has 3 aromatic rings. The van der Waals surface area contributed by atoms with E-state index < -0.39 is 6.04 Å². The van der Waals surface area contributed by atoms with E-state index in [0.717, 1.165) is 16.7 Å². The largest absolute Gasteiger partial charge is 0.503 e. The molecule has 0 radical (unpaired) electrons. The SMILES string of the molecule is CCOc1cc(C2NC(=O)NC(c3ccc(NC(C)=O)cc3)=C2c2ccccc2)cc(N)c1O. The number of urea groups is 1. The number of nitrogens with two attached hydrogens (primary N) is 1. The summed E-state index contributed by atoms with van der Waals surface area (Å²) in [5.41, 5.74) is 10.7. The van der Waals surface area contributed by atoms with E-state index in [1.807, 2.05) is 49.4 Å². The van der Waals surface area contributed by atoms with E-state index in [-0.39, 0.29) is 29.1 Å². The molecule has 4 rings (SSSR count). The van der Waals surface area contributed by atoms with Gasteiger partial charge in [0.05, 0.1) is 24.0 Å². The molecule has 1 aliphatic rings. The van der Waals surface area contributed by atoms with Gasteiger partial charge in [0.25, 0.3) is 0 Å². The van der Waals surface area contributed by atoms with Crippen LogP contribution in [0.25, 0.3) is 11.3 Å². The summed E-state index contributed by atoms with van der Waals surface area (Å²) in [6, 6.07) is 19.3. The zero-order valence-electron chi connectivity index (χ0n) is 18.9. The number of amides is 3. The number of hydrogen-bond acceptors (Lipinski definition) is 5. The molecule has 6 N–H and O–H groups in total. The molecule has 3 amide bonds. The van der Waals surface area contributed by atoms with E-state index in [2.05, 4.69) is 16.0 Å². The molecule has 0 aromatic heterocycles. The number of hydrogen-bond donors (Lipinski definition) is 5. The summed E-state index contributed by atoms with van der Waals surface area (Å²) in [7, 11) is 0. The lowest BCUT2D eigenvalue weighted by molar-refractivity contribution is -0.114. The molecular weight excluding hydrogens is 432 g/mol. The first-order valence-corrected chi connectivity index (χ1v) is 10.9. The number of benzene rings is 3. The average Bonchev–Trinajstić information content (AvgIpc) is 2.82. The Bertz CT molecular complexity index is 1250. The minimum atomic E-state index is -0.566. The molecular formula is C26H26N4O4. The zero-order valence-corrected chi connectivity index (χ0v) is 18.9. The highest BCUT2D eigenvalue weighted by Gasteiger charge is 2.31. The van der Waals surface area contributed by atoms with Crippen LogP contribution in [0.1, 0.15) is 36.6 Å². The Morgan fingerprint density at radius 2 is 1.79 bits per heavy atom. The molecule has 0 saturated carbocycles. The molecule has 8 heteroatoms. The van der Waals surface area contributed by atoms with Gasteiger partial charge in [-0.1, -0.05) is 42.5 Å². The number of aromatic hydroxyl groups is 1. The Hall–Kier alpha value is -4.46. The lowest BCUT2D eigenvalue weighted by atomic mass is 9.87. The normalized spacial score (nSPS) is 15.4. The number of nitrogen functional groups attached to an aromatic ring is 1. The van der Waals surface area contributed by atoms with Crippen LogP contribution in [0.2, 0.25) is 0 Å². The third-order valence-electron chi connectivity index (χ3n) is 5.41. The monoisotopic (exact) mass is 458 g/mol. The van der Waals surface area contributed by atoms with E-state index in [4.69, 9.17) is 10.5 Å². The maximum atomic E-state index is 12.8. The van der Waals surface area contributed by atoms with Crippen LogP contribution in [0.3, 0.4) is 0 Å². The summed E-state index contributed by atoms with van der Waals surface area (Å²) in [6.45, 7) is 3.61. The minimum absolute atomic E-state index is 0.134. The van der Waals surface area contributed by atoms with Crippen LogP contribution >= 0.6 is 0 Å². The van der Waals surface area contributed by atoms with Crippen molar-refractivity contribution in [2.24, 2.45) is 0 Å². The molecule has 1 heterocycles. The first-order valence-electron chi connectivity index (χ1n) is 10.9. The van der Waals surface area contributed by atoms with Crippen LogP contribution < -0.4 is 26.4 Å². The maximum Gasteiger partial charge on any atom is 0.320 e. The predicted molar refractivity (Wildman–Crippen MR) is 132 cm³/mol. The molecule has 8 nitrogen and oxygen atoms in total. The van der Waals surface area contributed by atoms with Gasteiger partial charge >= 0.3 is 6.03 Å². The molecule has 174 valence electrons. The van der Waals surface area contributed by atoms with Crippen molar-refractivity contribution in [2.75, 3.05) is 17.7 Å². The standard InChI is InChI=1S/C26H26N4O4/c1-3-34-21-14-18(13-20(27)25(21)32)24-22(16-7-5-4-6-8-16)23(29-26(33)30-24)17-9-11-19(12-10-17)28-15(2)31/h4-14,24,32H,3,27H2,1-2H3,(H,28,31)(H2,29,30,33). The van der Waals surface area contributed by atoms with E-state index in [0.29, 0.717) is 23.6 Å². The van der Waals surface area contributed by atoms with E-state index >= 15 is 0 Å². The van der Waals surface area contributed by atoms with E-state index in [9.17, 15) is 14.7 Å². The number of anilines is 2. The lowest BCUT2D eigenvalue weighted by Crippen LogP contribution is -2.43. The summed E-state index contributed by atoms with van der Waals surface area (Å²) in [4.78, 5) is 24.1. The molecule has 1 unspecified atom stereocenters. The molecule has 1 aliphatic heterocycles. The van der Waals surface area contributed by atoms with Crippen LogP contribution in [-0.4, -0.2) is 23.7 Å². The molecule has 3 aromatic carbocycles. The van der Waals surface area contributed by atoms with Crippen LogP contribution in [0.15, 0.2) is 66.7 Å². The molecule has 0 aliphatic carbocycles. The van der Waals surface area contributed by atoms with Crippen molar-refractivity contribution in [3.63, 3.8) is 0 Å².